The molecule has 0 radical (unpaired) electrons. The molecule has 4 nitrogen and oxygen atoms in total. The minimum absolute atomic E-state index is 0.128. The molecule has 0 spiro atoms. The van der Waals surface area contributed by atoms with Gasteiger partial charge >= 0.3 is 0 Å². The summed E-state index contributed by atoms with van der Waals surface area (Å²) in [5, 5.41) is 3.25. The third-order valence-corrected chi connectivity index (χ3v) is 6.30. The van der Waals surface area contributed by atoms with Crippen molar-refractivity contribution in [2.24, 2.45) is 0 Å². The lowest BCUT2D eigenvalue weighted by Crippen LogP contribution is -2.48. The van der Waals surface area contributed by atoms with Crippen LogP contribution in [-0.2, 0) is 21.9 Å². The van der Waals surface area contributed by atoms with Crippen molar-refractivity contribution >= 4 is 35.2 Å². The first-order valence-corrected chi connectivity index (χ1v) is 12.0. The van der Waals surface area contributed by atoms with Crippen LogP contribution in [-0.4, -0.2) is 35.1 Å². The molecule has 7 heteroatoms. The zero-order valence-electron chi connectivity index (χ0n) is 18.3. The molecule has 2 amide bonds. The molecule has 0 fully saturated rings. The number of unbranched alkanes of at least 4 members (excludes halogenated alkanes) is 1. The second-order valence-electron chi connectivity index (χ2n) is 7.52. The molecule has 2 aromatic carbocycles. The number of nitrogens with one attached hydrogen (secondary N) is 1. The number of rotatable bonds is 11. The average Bonchev–Trinajstić information content (AvgIpc) is 2.75. The monoisotopic (exact) mass is 464 g/mol. The lowest BCUT2D eigenvalue weighted by atomic mass is 10.1. The van der Waals surface area contributed by atoms with Crippen molar-refractivity contribution in [1.29, 1.82) is 0 Å². The molecule has 0 aliphatic carbocycles. The van der Waals surface area contributed by atoms with Gasteiger partial charge in [0, 0.05) is 29.4 Å². The average molecular weight is 465 g/mol. The van der Waals surface area contributed by atoms with E-state index in [1.165, 1.54) is 17.8 Å². The molecule has 0 unspecified atom stereocenters. The number of carbonyl (C=O) groups is 2. The van der Waals surface area contributed by atoms with Gasteiger partial charge in [0.15, 0.2) is 0 Å². The molecule has 168 valence electrons. The van der Waals surface area contributed by atoms with Gasteiger partial charge in [0.1, 0.15) is 11.9 Å². The van der Waals surface area contributed by atoms with E-state index in [9.17, 15) is 14.0 Å². The molecule has 0 aliphatic heterocycles. The first-order valence-electron chi connectivity index (χ1n) is 10.5. The highest BCUT2D eigenvalue weighted by Crippen LogP contribution is 2.24. The fourth-order valence-electron chi connectivity index (χ4n) is 3.00. The Balaban J connectivity index is 2.07. The van der Waals surface area contributed by atoms with Gasteiger partial charge in [0.2, 0.25) is 11.8 Å². The van der Waals surface area contributed by atoms with Crippen LogP contribution in [0.15, 0.2) is 42.5 Å². The molecule has 0 aliphatic rings. The first kappa shape index (κ1) is 25.2. The van der Waals surface area contributed by atoms with Gasteiger partial charge in [-0.2, -0.15) is 0 Å². The van der Waals surface area contributed by atoms with Crippen LogP contribution in [0.1, 0.15) is 43.4 Å². The van der Waals surface area contributed by atoms with Crippen LogP contribution in [0.4, 0.5) is 4.39 Å². The number of hydrogen-bond acceptors (Lipinski definition) is 3. The Kier molecular flexibility index (Phi) is 10.3. The molecule has 0 saturated heterocycles. The molecule has 2 rings (SSSR count). The lowest BCUT2D eigenvalue weighted by molar-refractivity contribution is -0.138. The van der Waals surface area contributed by atoms with Gasteiger partial charge in [-0.3, -0.25) is 9.59 Å². The summed E-state index contributed by atoms with van der Waals surface area (Å²) in [5.74, 6) is -0.310. The number of carbonyl (C=O) groups excluding carboxylic acids is 2. The fourth-order valence-corrected chi connectivity index (χ4v) is 4.25. The van der Waals surface area contributed by atoms with Crippen LogP contribution in [0.3, 0.4) is 0 Å². The van der Waals surface area contributed by atoms with Crippen LogP contribution in [0, 0.1) is 12.7 Å². The number of benzene rings is 2. The van der Waals surface area contributed by atoms with Gasteiger partial charge in [-0.1, -0.05) is 60.8 Å². The standard InChI is InChI=1S/C24H30ClFN2O2S/c1-4-5-13-27-24(30)18(3)28(14-19-11-9-17(2)10-12-19)23(29)16-31-15-20-21(25)7-6-8-22(20)26/h6-12,18H,4-5,13-16H2,1-3H3,(H,27,30)/t18-/m0/s1. The molecule has 2 aromatic rings. The summed E-state index contributed by atoms with van der Waals surface area (Å²) >= 11 is 7.37. The largest absolute Gasteiger partial charge is 0.354 e. The molecular weight excluding hydrogens is 435 g/mol. The van der Waals surface area contributed by atoms with Crippen LogP contribution in [0.2, 0.25) is 5.02 Å². The maximum absolute atomic E-state index is 14.0. The van der Waals surface area contributed by atoms with E-state index >= 15 is 0 Å². The minimum atomic E-state index is -0.608. The van der Waals surface area contributed by atoms with E-state index in [4.69, 9.17) is 11.6 Å². The van der Waals surface area contributed by atoms with Crippen molar-refractivity contribution in [1.82, 2.24) is 10.2 Å². The summed E-state index contributed by atoms with van der Waals surface area (Å²) in [5.41, 5.74) is 2.47. The first-order chi connectivity index (χ1) is 14.8. The fraction of sp³-hybridized carbons (Fsp3) is 0.417. The van der Waals surface area contributed by atoms with Gasteiger partial charge in [0.05, 0.1) is 5.75 Å². The third-order valence-electron chi connectivity index (χ3n) is 5.00. The summed E-state index contributed by atoms with van der Waals surface area (Å²) < 4.78 is 14.0. The van der Waals surface area contributed by atoms with E-state index in [-0.39, 0.29) is 29.1 Å². The summed E-state index contributed by atoms with van der Waals surface area (Å²) in [6, 6.07) is 11.8. The van der Waals surface area contributed by atoms with E-state index in [0.29, 0.717) is 23.7 Å². The number of nitrogens with zero attached hydrogens (tertiary/aromatic N) is 1. The molecule has 0 saturated carbocycles. The SMILES string of the molecule is CCCCNC(=O)[C@H](C)N(Cc1ccc(C)cc1)C(=O)CSCc1c(F)cccc1Cl. The molecular formula is C24H30ClFN2O2S. The van der Waals surface area contributed by atoms with Gasteiger partial charge in [-0.15, -0.1) is 11.8 Å². The number of thioether (sulfide) groups is 1. The van der Waals surface area contributed by atoms with Crippen molar-refractivity contribution in [3.8, 4) is 0 Å². The number of hydrogen-bond donors (Lipinski definition) is 1. The maximum atomic E-state index is 14.0. The third kappa shape index (κ3) is 7.86. The van der Waals surface area contributed by atoms with Crippen LogP contribution in [0.5, 0.6) is 0 Å². The predicted molar refractivity (Wildman–Crippen MR) is 127 cm³/mol. The highest BCUT2D eigenvalue weighted by Gasteiger charge is 2.26. The van der Waals surface area contributed by atoms with E-state index < -0.39 is 6.04 Å². The Labute approximate surface area is 193 Å². The van der Waals surface area contributed by atoms with Gasteiger partial charge in [0.25, 0.3) is 0 Å². The smallest absolute Gasteiger partial charge is 0.242 e. The molecule has 31 heavy (non-hydrogen) atoms. The summed E-state index contributed by atoms with van der Waals surface area (Å²) in [7, 11) is 0. The Hall–Kier alpha value is -2.05. The van der Waals surface area contributed by atoms with Gasteiger partial charge in [-0.25, -0.2) is 4.39 Å². The summed E-state index contributed by atoms with van der Waals surface area (Å²) in [4.78, 5) is 27.2. The lowest BCUT2D eigenvalue weighted by Gasteiger charge is -2.29. The van der Waals surface area contributed by atoms with Crippen LogP contribution < -0.4 is 5.32 Å². The molecule has 1 N–H and O–H groups in total. The quantitative estimate of drug-likeness (QED) is 0.456. The van der Waals surface area contributed by atoms with E-state index in [1.54, 1.807) is 24.0 Å². The molecule has 0 bridgehead atoms. The van der Waals surface area contributed by atoms with Gasteiger partial charge in [-0.05, 0) is 38.0 Å². The minimum Gasteiger partial charge on any atom is -0.354 e. The van der Waals surface area contributed by atoms with Gasteiger partial charge < -0.3 is 10.2 Å². The Morgan fingerprint density at radius 1 is 1.19 bits per heavy atom. The van der Waals surface area contributed by atoms with Crippen molar-refractivity contribution in [2.45, 2.75) is 52.0 Å². The van der Waals surface area contributed by atoms with Crippen LogP contribution >= 0.6 is 23.4 Å². The second kappa shape index (κ2) is 12.7. The second-order valence-corrected chi connectivity index (χ2v) is 8.91. The number of aryl methyl sites for hydroxylation is 1. The topological polar surface area (TPSA) is 49.4 Å². The maximum Gasteiger partial charge on any atom is 0.242 e. The number of amides is 2. The highest BCUT2D eigenvalue weighted by molar-refractivity contribution is 7.99. The summed E-state index contributed by atoms with van der Waals surface area (Å²) in [6.45, 7) is 6.73. The van der Waals surface area contributed by atoms with E-state index in [2.05, 4.69) is 12.2 Å². The Morgan fingerprint density at radius 2 is 1.90 bits per heavy atom. The van der Waals surface area contributed by atoms with Crippen molar-refractivity contribution in [3.05, 3.63) is 70.0 Å². The number of halogens is 2. The molecule has 0 heterocycles. The van der Waals surface area contributed by atoms with E-state index in [0.717, 1.165) is 24.0 Å². The van der Waals surface area contributed by atoms with Crippen LogP contribution in [0.25, 0.3) is 0 Å². The van der Waals surface area contributed by atoms with E-state index in [1.807, 2.05) is 31.2 Å². The van der Waals surface area contributed by atoms with Crippen molar-refractivity contribution in [3.63, 3.8) is 0 Å². The Bertz CT molecular complexity index is 856. The highest BCUT2D eigenvalue weighted by atomic mass is 35.5. The Morgan fingerprint density at radius 3 is 2.55 bits per heavy atom. The van der Waals surface area contributed by atoms with Crippen molar-refractivity contribution in [2.75, 3.05) is 12.3 Å². The summed E-state index contributed by atoms with van der Waals surface area (Å²) in [6.07, 6.45) is 1.87. The zero-order chi connectivity index (χ0) is 22.8. The molecule has 0 aromatic heterocycles. The molecule has 1 atom stereocenters. The predicted octanol–water partition coefficient (Wildman–Crippen LogP) is 5.35. The van der Waals surface area contributed by atoms with Crippen molar-refractivity contribution < 1.29 is 14.0 Å². The zero-order valence-corrected chi connectivity index (χ0v) is 19.9. The normalized spacial score (nSPS) is 11.8.